The molecule has 0 saturated carbocycles. The molecular weight excluding hydrogens is 334 g/mol. The molecule has 26 heavy (non-hydrogen) atoms. The molecule has 1 aromatic heterocycles. The maximum absolute atomic E-state index is 12.6. The first-order valence-corrected chi connectivity index (χ1v) is 8.02. The molecule has 0 aliphatic heterocycles. The number of hydrogen-bond donors (Lipinski definition) is 1. The van der Waals surface area contributed by atoms with E-state index in [1.165, 1.54) is 13.2 Å². The first-order valence-electron chi connectivity index (χ1n) is 8.02. The van der Waals surface area contributed by atoms with Crippen molar-refractivity contribution in [3.8, 4) is 11.5 Å². The van der Waals surface area contributed by atoms with Gasteiger partial charge in [0.15, 0.2) is 11.2 Å². The number of anilines is 1. The van der Waals surface area contributed by atoms with E-state index in [0.29, 0.717) is 28.2 Å². The van der Waals surface area contributed by atoms with Crippen molar-refractivity contribution in [3.05, 3.63) is 63.5 Å². The van der Waals surface area contributed by atoms with Crippen molar-refractivity contribution in [1.29, 1.82) is 0 Å². The van der Waals surface area contributed by atoms with Crippen molar-refractivity contribution in [2.75, 3.05) is 19.5 Å². The first-order chi connectivity index (χ1) is 12.4. The van der Waals surface area contributed by atoms with Crippen molar-refractivity contribution in [2.24, 2.45) is 0 Å². The molecule has 0 spiro atoms. The summed E-state index contributed by atoms with van der Waals surface area (Å²) in [5.41, 5.74) is 2.42. The molecular formula is C20H19NO5. The van der Waals surface area contributed by atoms with E-state index in [4.69, 9.17) is 13.9 Å². The van der Waals surface area contributed by atoms with E-state index >= 15 is 0 Å². The van der Waals surface area contributed by atoms with Gasteiger partial charge in [0, 0.05) is 12.1 Å². The number of carbonyl (C=O) groups is 1. The lowest BCUT2D eigenvalue weighted by Crippen LogP contribution is -2.15. The number of methoxy groups -OCH3 is 2. The highest BCUT2D eigenvalue weighted by atomic mass is 16.5. The van der Waals surface area contributed by atoms with Gasteiger partial charge in [-0.05, 0) is 43.2 Å². The highest BCUT2D eigenvalue weighted by Gasteiger charge is 2.16. The molecule has 6 nitrogen and oxygen atoms in total. The second-order valence-corrected chi connectivity index (χ2v) is 5.88. The summed E-state index contributed by atoms with van der Waals surface area (Å²) in [7, 11) is 3.04. The summed E-state index contributed by atoms with van der Waals surface area (Å²) in [6.07, 6.45) is 0. The number of benzene rings is 2. The molecule has 3 aromatic rings. The summed E-state index contributed by atoms with van der Waals surface area (Å²) in [6.45, 7) is 3.78. The summed E-state index contributed by atoms with van der Waals surface area (Å²) >= 11 is 0. The number of fused-ring (bicyclic) bond motifs is 1. The zero-order valence-corrected chi connectivity index (χ0v) is 15.0. The molecule has 3 rings (SSSR count). The molecule has 6 heteroatoms. The molecule has 1 heterocycles. The van der Waals surface area contributed by atoms with Crippen LogP contribution in [0.3, 0.4) is 0 Å². The van der Waals surface area contributed by atoms with Crippen LogP contribution in [0.15, 0.2) is 45.6 Å². The Labute approximate surface area is 150 Å². The zero-order valence-electron chi connectivity index (χ0n) is 15.0. The van der Waals surface area contributed by atoms with Crippen molar-refractivity contribution in [3.63, 3.8) is 0 Å². The Morgan fingerprint density at radius 1 is 1.04 bits per heavy atom. The van der Waals surface area contributed by atoms with Crippen LogP contribution < -0.4 is 20.2 Å². The van der Waals surface area contributed by atoms with Gasteiger partial charge in [-0.3, -0.25) is 9.59 Å². The van der Waals surface area contributed by atoms with Gasteiger partial charge in [-0.1, -0.05) is 6.07 Å². The Hall–Kier alpha value is -3.28. The fourth-order valence-corrected chi connectivity index (χ4v) is 2.65. The van der Waals surface area contributed by atoms with E-state index in [1.807, 2.05) is 19.9 Å². The summed E-state index contributed by atoms with van der Waals surface area (Å²) < 4.78 is 16.1. The average Bonchev–Trinajstić information content (AvgIpc) is 2.65. The smallest absolute Gasteiger partial charge is 0.291 e. The topological polar surface area (TPSA) is 77.8 Å². The summed E-state index contributed by atoms with van der Waals surface area (Å²) in [5, 5.41) is 3.15. The molecule has 1 amide bonds. The predicted molar refractivity (Wildman–Crippen MR) is 99.5 cm³/mol. The second-order valence-electron chi connectivity index (χ2n) is 5.88. The van der Waals surface area contributed by atoms with E-state index in [9.17, 15) is 9.59 Å². The maximum Gasteiger partial charge on any atom is 0.291 e. The molecule has 0 fully saturated rings. The Kier molecular flexibility index (Phi) is 4.67. The van der Waals surface area contributed by atoms with Gasteiger partial charge in [-0.25, -0.2) is 0 Å². The number of amides is 1. The maximum atomic E-state index is 12.6. The highest BCUT2D eigenvalue weighted by molar-refractivity contribution is 6.04. The lowest BCUT2D eigenvalue weighted by atomic mass is 10.1. The molecule has 0 bridgehead atoms. The fourth-order valence-electron chi connectivity index (χ4n) is 2.65. The van der Waals surface area contributed by atoms with E-state index in [2.05, 4.69) is 5.32 Å². The predicted octanol–water partition coefficient (Wildman–Crippen LogP) is 3.68. The monoisotopic (exact) mass is 353 g/mol. The molecule has 2 aromatic carbocycles. The number of aryl methyl sites for hydroxylation is 2. The lowest BCUT2D eigenvalue weighted by molar-refractivity contribution is 0.0996. The van der Waals surface area contributed by atoms with Gasteiger partial charge in [-0.15, -0.1) is 0 Å². The number of ether oxygens (including phenoxy) is 2. The number of carbonyl (C=O) groups excluding carboxylic acids is 1. The molecule has 0 saturated heterocycles. The van der Waals surface area contributed by atoms with Crippen LogP contribution in [0.4, 0.5) is 5.69 Å². The molecule has 0 aliphatic rings. The summed E-state index contributed by atoms with van der Waals surface area (Å²) in [6, 6.07) is 9.77. The minimum atomic E-state index is -0.534. The Morgan fingerprint density at radius 3 is 2.50 bits per heavy atom. The van der Waals surface area contributed by atoms with Crippen LogP contribution in [0.25, 0.3) is 11.0 Å². The number of hydrogen-bond acceptors (Lipinski definition) is 5. The third kappa shape index (κ3) is 3.13. The van der Waals surface area contributed by atoms with Crippen LogP contribution in [0.5, 0.6) is 11.5 Å². The van der Waals surface area contributed by atoms with Crippen molar-refractivity contribution < 1.29 is 18.7 Å². The molecule has 0 atom stereocenters. The quantitative estimate of drug-likeness (QED) is 0.774. The SMILES string of the molecule is COc1ccc(NC(=O)c2cc(=O)c3ccc(C)c(C)c3o2)c(OC)c1. The Bertz CT molecular complexity index is 1050. The fraction of sp³-hybridized carbons (Fsp3) is 0.200. The van der Waals surface area contributed by atoms with Gasteiger partial charge in [-0.2, -0.15) is 0 Å². The van der Waals surface area contributed by atoms with Gasteiger partial charge in [0.05, 0.1) is 25.3 Å². The number of rotatable bonds is 4. The lowest BCUT2D eigenvalue weighted by Gasteiger charge is -2.12. The summed E-state index contributed by atoms with van der Waals surface area (Å²) in [4.78, 5) is 24.9. The van der Waals surface area contributed by atoms with E-state index in [0.717, 1.165) is 11.1 Å². The van der Waals surface area contributed by atoms with Crippen LogP contribution in [0, 0.1) is 13.8 Å². The highest BCUT2D eigenvalue weighted by Crippen LogP contribution is 2.29. The van der Waals surface area contributed by atoms with Crippen molar-refractivity contribution in [1.82, 2.24) is 0 Å². The van der Waals surface area contributed by atoms with E-state index < -0.39 is 5.91 Å². The van der Waals surface area contributed by atoms with Crippen LogP contribution in [0.2, 0.25) is 0 Å². The van der Waals surface area contributed by atoms with Crippen molar-refractivity contribution >= 4 is 22.6 Å². The van der Waals surface area contributed by atoms with Gasteiger partial charge >= 0.3 is 0 Å². The van der Waals surface area contributed by atoms with Crippen LogP contribution >= 0.6 is 0 Å². The average molecular weight is 353 g/mol. The summed E-state index contributed by atoms with van der Waals surface area (Å²) in [5.74, 6) is 0.443. The van der Waals surface area contributed by atoms with Gasteiger partial charge in [0.2, 0.25) is 0 Å². The third-order valence-corrected chi connectivity index (χ3v) is 4.30. The molecule has 0 radical (unpaired) electrons. The van der Waals surface area contributed by atoms with Crippen molar-refractivity contribution in [2.45, 2.75) is 13.8 Å². The van der Waals surface area contributed by atoms with Gasteiger partial charge < -0.3 is 19.2 Å². The first kappa shape index (κ1) is 17.5. The standard InChI is InChI=1S/C20H19NO5/c1-11-5-7-14-16(22)10-18(26-19(14)12(11)2)20(23)21-15-8-6-13(24-3)9-17(15)25-4/h5-10H,1-4H3,(H,21,23). The van der Waals surface area contributed by atoms with Crippen LogP contribution in [0.1, 0.15) is 21.7 Å². The Morgan fingerprint density at radius 2 is 1.81 bits per heavy atom. The molecule has 1 N–H and O–H groups in total. The molecule has 134 valence electrons. The van der Waals surface area contributed by atoms with Gasteiger partial charge in [0.1, 0.15) is 17.1 Å². The van der Waals surface area contributed by atoms with Crippen LogP contribution in [-0.4, -0.2) is 20.1 Å². The number of nitrogens with one attached hydrogen (secondary N) is 1. The Balaban J connectivity index is 2.01. The normalized spacial score (nSPS) is 10.6. The second kappa shape index (κ2) is 6.92. The van der Waals surface area contributed by atoms with Crippen LogP contribution in [-0.2, 0) is 0 Å². The minimum Gasteiger partial charge on any atom is -0.497 e. The van der Waals surface area contributed by atoms with E-state index in [-0.39, 0.29) is 11.2 Å². The van der Waals surface area contributed by atoms with Gasteiger partial charge in [0.25, 0.3) is 5.91 Å². The van der Waals surface area contributed by atoms with E-state index in [1.54, 1.807) is 31.4 Å². The third-order valence-electron chi connectivity index (χ3n) is 4.30. The molecule has 0 aliphatic carbocycles. The molecule has 0 unspecified atom stereocenters. The largest absolute Gasteiger partial charge is 0.497 e. The zero-order chi connectivity index (χ0) is 18.8. The minimum absolute atomic E-state index is 0.0610.